The van der Waals surface area contributed by atoms with Crippen LogP contribution in [0, 0.1) is 0 Å². The number of amides is 1. The highest BCUT2D eigenvalue weighted by Crippen LogP contribution is 2.39. The van der Waals surface area contributed by atoms with Gasteiger partial charge in [0, 0.05) is 5.02 Å². The van der Waals surface area contributed by atoms with Gasteiger partial charge < -0.3 is 19.5 Å². The van der Waals surface area contributed by atoms with Crippen molar-refractivity contribution in [2.45, 2.75) is 0 Å². The predicted octanol–water partition coefficient (Wildman–Crippen LogP) is 4.26. The Morgan fingerprint density at radius 3 is 2.37 bits per heavy atom. The predicted molar refractivity (Wildman–Crippen MR) is 108 cm³/mol. The van der Waals surface area contributed by atoms with Crippen LogP contribution in [0.4, 0.5) is 5.69 Å². The minimum absolute atomic E-state index is 0.227. The molecule has 0 radical (unpaired) electrons. The van der Waals surface area contributed by atoms with E-state index >= 15 is 0 Å². The van der Waals surface area contributed by atoms with Crippen LogP contribution < -0.4 is 19.5 Å². The average Bonchev–Trinajstić information content (AvgIpc) is 2.99. The van der Waals surface area contributed by atoms with Gasteiger partial charge in [0.1, 0.15) is 0 Å². The summed E-state index contributed by atoms with van der Waals surface area (Å²) in [6.45, 7) is 0. The van der Waals surface area contributed by atoms with Crippen molar-refractivity contribution in [1.29, 1.82) is 0 Å². The number of nitrogens with one attached hydrogen (secondary N) is 1. The van der Waals surface area contributed by atoms with Crippen LogP contribution in [0.5, 0.6) is 17.2 Å². The summed E-state index contributed by atoms with van der Waals surface area (Å²) in [7, 11) is 4.62. The summed E-state index contributed by atoms with van der Waals surface area (Å²) in [5, 5.41) is 3.82. The van der Waals surface area contributed by atoms with Gasteiger partial charge in [-0.3, -0.25) is 4.79 Å². The zero-order valence-electron chi connectivity index (χ0n) is 14.9. The molecule has 1 heterocycles. The van der Waals surface area contributed by atoms with E-state index in [1.165, 1.54) is 18.9 Å². The number of hydrogen-bond acceptors (Lipinski definition) is 6. The van der Waals surface area contributed by atoms with Gasteiger partial charge in [-0.1, -0.05) is 17.7 Å². The number of thioether (sulfide) groups is 1. The molecule has 0 saturated carbocycles. The number of rotatable bonds is 5. The minimum atomic E-state index is -0.227. The molecule has 6 nitrogen and oxygen atoms in total. The summed E-state index contributed by atoms with van der Waals surface area (Å²) in [4.78, 5) is 17.2. The number of methoxy groups -OCH3 is 3. The SMILES string of the molecule is COc1cc(/C=C2/SC(=Nc3cccc(Cl)c3)NC2=O)cc(OC)c1OC. The molecule has 1 fully saturated rings. The van der Waals surface area contributed by atoms with Gasteiger partial charge in [-0.25, -0.2) is 4.99 Å². The van der Waals surface area contributed by atoms with Crippen molar-refractivity contribution in [2.24, 2.45) is 4.99 Å². The van der Waals surface area contributed by atoms with Crippen LogP contribution >= 0.6 is 23.4 Å². The van der Waals surface area contributed by atoms with Gasteiger partial charge in [0.05, 0.1) is 31.9 Å². The number of hydrogen-bond donors (Lipinski definition) is 1. The lowest BCUT2D eigenvalue weighted by Crippen LogP contribution is -2.19. The zero-order valence-corrected chi connectivity index (χ0v) is 16.5. The first-order valence-electron chi connectivity index (χ1n) is 7.89. The summed E-state index contributed by atoms with van der Waals surface area (Å²) in [6.07, 6.45) is 1.74. The molecule has 0 spiro atoms. The maximum atomic E-state index is 12.3. The van der Waals surface area contributed by atoms with E-state index in [9.17, 15) is 4.79 Å². The highest BCUT2D eigenvalue weighted by molar-refractivity contribution is 8.18. The van der Waals surface area contributed by atoms with E-state index in [1.807, 2.05) is 6.07 Å². The number of carbonyl (C=O) groups excluding carboxylic acids is 1. The van der Waals surface area contributed by atoms with Crippen LogP contribution in [0.2, 0.25) is 5.02 Å². The highest BCUT2D eigenvalue weighted by atomic mass is 35.5. The van der Waals surface area contributed by atoms with Crippen molar-refractivity contribution < 1.29 is 19.0 Å². The molecule has 2 aromatic carbocycles. The van der Waals surface area contributed by atoms with Crippen LogP contribution in [-0.4, -0.2) is 32.4 Å². The average molecular weight is 405 g/mol. The van der Waals surface area contributed by atoms with E-state index in [-0.39, 0.29) is 5.91 Å². The number of aliphatic imine (C=N–C) groups is 1. The van der Waals surface area contributed by atoms with E-state index in [0.717, 1.165) is 5.56 Å². The number of amidine groups is 1. The Hall–Kier alpha value is -2.64. The molecule has 0 unspecified atom stereocenters. The molecule has 0 bridgehead atoms. The molecule has 1 amide bonds. The lowest BCUT2D eigenvalue weighted by Gasteiger charge is -2.12. The van der Waals surface area contributed by atoms with Gasteiger partial charge >= 0.3 is 0 Å². The van der Waals surface area contributed by atoms with Gasteiger partial charge in [0.2, 0.25) is 5.75 Å². The van der Waals surface area contributed by atoms with Crippen LogP contribution in [-0.2, 0) is 4.79 Å². The van der Waals surface area contributed by atoms with E-state index in [0.29, 0.717) is 38.0 Å². The molecule has 1 aliphatic heterocycles. The van der Waals surface area contributed by atoms with Gasteiger partial charge in [-0.05, 0) is 53.7 Å². The molecule has 1 N–H and O–H groups in total. The van der Waals surface area contributed by atoms with Crippen molar-refractivity contribution in [2.75, 3.05) is 21.3 Å². The molecule has 27 heavy (non-hydrogen) atoms. The van der Waals surface area contributed by atoms with Crippen LogP contribution in [0.3, 0.4) is 0 Å². The third-order valence-electron chi connectivity index (χ3n) is 3.67. The van der Waals surface area contributed by atoms with Crippen molar-refractivity contribution in [3.63, 3.8) is 0 Å². The number of benzene rings is 2. The van der Waals surface area contributed by atoms with Gasteiger partial charge in [-0.15, -0.1) is 0 Å². The van der Waals surface area contributed by atoms with E-state index < -0.39 is 0 Å². The third-order valence-corrected chi connectivity index (χ3v) is 4.82. The summed E-state index contributed by atoms with van der Waals surface area (Å²) in [5.41, 5.74) is 1.41. The molecule has 0 atom stereocenters. The lowest BCUT2D eigenvalue weighted by molar-refractivity contribution is -0.115. The van der Waals surface area contributed by atoms with Crippen molar-refractivity contribution in [1.82, 2.24) is 5.32 Å². The Kier molecular flexibility index (Phi) is 5.93. The van der Waals surface area contributed by atoms with Crippen LogP contribution in [0.15, 0.2) is 46.3 Å². The second-order valence-corrected chi connectivity index (χ2v) is 6.89. The molecule has 0 aromatic heterocycles. The second kappa shape index (κ2) is 8.37. The van der Waals surface area contributed by atoms with Crippen molar-refractivity contribution >= 4 is 46.2 Å². The van der Waals surface area contributed by atoms with Crippen LogP contribution in [0.1, 0.15) is 5.56 Å². The maximum absolute atomic E-state index is 12.3. The third kappa shape index (κ3) is 4.37. The van der Waals surface area contributed by atoms with Crippen molar-refractivity contribution in [3.05, 3.63) is 51.9 Å². The molecule has 0 aliphatic carbocycles. The number of carbonyl (C=O) groups is 1. The molecule has 1 aliphatic rings. The molecule has 3 rings (SSSR count). The Morgan fingerprint density at radius 1 is 1.07 bits per heavy atom. The van der Waals surface area contributed by atoms with E-state index in [4.69, 9.17) is 25.8 Å². The normalized spacial score (nSPS) is 16.5. The smallest absolute Gasteiger partial charge is 0.264 e. The van der Waals surface area contributed by atoms with Crippen LogP contribution in [0.25, 0.3) is 6.08 Å². The molecule has 2 aromatic rings. The molecule has 1 saturated heterocycles. The fraction of sp³-hybridized carbons (Fsp3) is 0.158. The minimum Gasteiger partial charge on any atom is -0.493 e. The number of ether oxygens (including phenoxy) is 3. The number of nitrogens with zero attached hydrogens (tertiary/aromatic N) is 1. The summed E-state index contributed by atoms with van der Waals surface area (Å²) in [6, 6.07) is 10.6. The molecular weight excluding hydrogens is 388 g/mol. The first kappa shape index (κ1) is 19.1. The Morgan fingerprint density at radius 2 is 1.78 bits per heavy atom. The molecule has 8 heteroatoms. The number of halogens is 1. The topological polar surface area (TPSA) is 69.2 Å². The molecule has 140 valence electrons. The fourth-order valence-electron chi connectivity index (χ4n) is 2.48. The largest absolute Gasteiger partial charge is 0.493 e. The van der Waals surface area contributed by atoms with E-state index in [2.05, 4.69) is 10.3 Å². The Labute approximate surface area is 166 Å². The maximum Gasteiger partial charge on any atom is 0.264 e. The molecular formula is C19H17ClN2O4S. The Balaban J connectivity index is 1.90. The quantitative estimate of drug-likeness (QED) is 0.754. The standard InChI is InChI=1S/C19H17ClN2O4S/c1-24-14-7-11(8-15(25-2)17(14)26-3)9-16-18(23)22-19(27-16)21-13-6-4-5-12(20)10-13/h4-10H,1-3H3,(H,21,22,23)/b16-9+. The first-order valence-corrected chi connectivity index (χ1v) is 9.08. The van der Waals surface area contributed by atoms with E-state index in [1.54, 1.807) is 50.6 Å². The second-order valence-electron chi connectivity index (χ2n) is 5.42. The summed E-state index contributed by atoms with van der Waals surface area (Å²) >= 11 is 7.21. The highest BCUT2D eigenvalue weighted by Gasteiger charge is 2.24. The zero-order chi connectivity index (χ0) is 19.4. The lowest BCUT2D eigenvalue weighted by atomic mass is 10.1. The van der Waals surface area contributed by atoms with Crippen molar-refractivity contribution in [3.8, 4) is 17.2 Å². The van der Waals surface area contributed by atoms with Gasteiger partial charge in [-0.2, -0.15) is 0 Å². The first-order chi connectivity index (χ1) is 13.0. The Bertz CT molecular complexity index is 918. The van der Waals surface area contributed by atoms with Gasteiger partial charge in [0.15, 0.2) is 16.7 Å². The monoisotopic (exact) mass is 404 g/mol. The van der Waals surface area contributed by atoms with Gasteiger partial charge in [0.25, 0.3) is 5.91 Å². The fourth-order valence-corrected chi connectivity index (χ4v) is 3.51. The summed E-state index contributed by atoms with van der Waals surface area (Å²) < 4.78 is 16.0. The summed E-state index contributed by atoms with van der Waals surface area (Å²) in [5.74, 6) is 1.29.